The molecule has 7 rings (SSSR count). The molecule has 0 amide bonds. The lowest BCUT2D eigenvalue weighted by atomic mass is 9.83. The molecule has 0 saturated carbocycles. The van der Waals surface area contributed by atoms with Crippen LogP contribution in [0.5, 0.6) is 0 Å². The Kier molecular flexibility index (Phi) is 8.70. The van der Waals surface area contributed by atoms with Crippen molar-refractivity contribution in [2.24, 2.45) is 0 Å². The van der Waals surface area contributed by atoms with Crippen LogP contribution in [0.25, 0.3) is 0 Å². The van der Waals surface area contributed by atoms with Crippen LogP contribution in [0, 0.1) is 0 Å². The molecule has 0 aliphatic carbocycles. The minimum Gasteiger partial charge on any atom is -0.396 e. The summed E-state index contributed by atoms with van der Waals surface area (Å²) in [5.74, 6) is 0. The molecule has 6 aromatic carbocycles. The van der Waals surface area contributed by atoms with Crippen molar-refractivity contribution >= 4 is 36.2 Å². The van der Waals surface area contributed by atoms with Gasteiger partial charge in [-0.15, -0.1) is 0 Å². The van der Waals surface area contributed by atoms with E-state index in [9.17, 15) is 26.3 Å². The van der Waals surface area contributed by atoms with Crippen LogP contribution in [0.1, 0.15) is 28.7 Å². The highest BCUT2D eigenvalue weighted by Crippen LogP contribution is 2.49. The lowest BCUT2D eigenvalue weighted by Crippen LogP contribution is -2.89. The van der Waals surface area contributed by atoms with Crippen LogP contribution in [-0.4, -0.2) is 15.4 Å². The van der Waals surface area contributed by atoms with E-state index in [1.165, 1.54) is 24.3 Å². The first kappa shape index (κ1) is 33.8. The van der Waals surface area contributed by atoms with Gasteiger partial charge in [0.15, 0.2) is 7.59 Å². The summed E-state index contributed by atoms with van der Waals surface area (Å²) in [6.07, 6.45) is -8.81. The Morgan fingerprint density at radius 3 is 1.06 bits per heavy atom. The summed E-state index contributed by atoms with van der Waals surface area (Å²) in [7, 11) is -6.68. The molecule has 9 heteroatoms. The molecule has 0 atom stereocenters. The SMILES string of the molecule is FC(F)(F)c1ccc(C2(c3ccc(C(F)(F)F)cc3)CC[Si](c3ccccc3)(c3ccccc3)[Si](c3ccccc3)(c3ccccc3)O2)cc1. The van der Waals surface area contributed by atoms with Gasteiger partial charge in [-0.05, 0) is 58.2 Å². The predicted octanol–water partition coefficient (Wildman–Crippen LogP) is 8.49. The highest BCUT2D eigenvalue weighted by molar-refractivity contribution is 7.57. The Balaban J connectivity index is 1.60. The van der Waals surface area contributed by atoms with E-state index in [-0.39, 0.29) is 0 Å². The highest BCUT2D eigenvalue weighted by atomic mass is 29.3. The van der Waals surface area contributed by atoms with Crippen LogP contribution in [-0.2, 0) is 22.4 Å². The third kappa shape index (κ3) is 5.63. The Morgan fingerprint density at radius 1 is 0.420 bits per heavy atom. The van der Waals surface area contributed by atoms with Crippen molar-refractivity contribution in [1.29, 1.82) is 0 Å². The van der Waals surface area contributed by atoms with Crippen LogP contribution >= 0.6 is 0 Å². The fourth-order valence-corrected chi connectivity index (χ4v) is 25.9. The first-order valence-corrected chi connectivity index (χ1v) is 21.4. The fourth-order valence-electron chi connectivity index (χ4n) is 7.80. The Bertz CT molecular complexity index is 1900. The van der Waals surface area contributed by atoms with Gasteiger partial charge in [0, 0.05) is 0 Å². The molecule has 0 radical (unpaired) electrons. The van der Waals surface area contributed by atoms with Crippen LogP contribution in [0.2, 0.25) is 6.04 Å². The molecule has 1 aliphatic heterocycles. The first-order valence-electron chi connectivity index (χ1n) is 16.3. The maximum absolute atomic E-state index is 13.9. The zero-order valence-electron chi connectivity index (χ0n) is 26.8. The first-order chi connectivity index (χ1) is 24.0. The zero-order chi connectivity index (χ0) is 35.0. The second-order valence-electron chi connectivity index (χ2n) is 12.6. The number of halogens is 6. The minimum absolute atomic E-state index is 0.328. The molecule has 0 aromatic heterocycles. The van der Waals surface area contributed by atoms with Crippen molar-refractivity contribution in [3.63, 3.8) is 0 Å². The van der Waals surface area contributed by atoms with E-state index in [1.807, 2.05) is 72.8 Å². The number of hydrogen-bond donors (Lipinski definition) is 0. The lowest BCUT2D eigenvalue weighted by Gasteiger charge is -2.58. The van der Waals surface area contributed by atoms with Crippen molar-refractivity contribution in [3.8, 4) is 0 Å². The molecule has 0 N–H and O–H groups in total. The van der Waals surface area contributed by atoms with Crippen LogP contribution in [0.3, 0.4) is 0 Å². The van der Waals surface area contributed by atoms with E-state index in [1.54, 1.807) is 0 Å². The van der Waals surface area contributed by atoms with Crippen molar-refractivity contribution in [3.05, 3.63) is 192 Å². The van der Waals surface area contributed by atoms with Gasteiger partial charge in [-0.25, -0.2) is 0 Å². The van der Waals surface area contributed by atoms with E-state index in [0.717, 1.165) is 45.0 Å². The molecule has 1 nitrogen and oxygen atoms in total. The second-order valence-corrected chi connectivity index (χ2v) is 23.5. The molecule has 0 unspecified atom stereocenters. The van der Waals surface area contributed by atoms with Gasteiger partial charge in [0.25, 0.3) is 7.83 Å². The normalized spacial score (nSPS) is 16.8. The van der Waals surface area contributed by atoms with Gasteiger partial charge in [0.2, 0.25) is 0 Å². The van der Waals surface area contributed by atoms with Crippen molar-refractivity contribution in [2.75, 3.05) is 0 Å². The van der Waals surface area contributed by atoms with Gasteiger partial charge in [-0.1, -0.05) is 156 Å². The molecular weight excluding hydrogens is 679 g/mol. The molecule has 0 bridgehead atoms. The Hall–Kier alpha value is -4.71. The number of hydrogen-bond acceptors (Lipinski definition) is 1. The third-order valence-corrected chi connectivity index (χ3v) is 25.9. The summed E-state index contributed by atoms with van der Waals surface area (Å²) in [6, 6.07) is 51.1. The molecule has 1 heterocycles. The summed E-state index contributed by atoms with van der Waals surface area (Å²) in [6.45, 7) is 0. The summed E-state index contributed by atoms with van der Waals surface area (Å²) >= 11 is 0. The lowest BCUT2D eigenvalue weighted by molar-refractivity contribution is -0.138. The number of benzene rings is 6. The van der Waals surface area contributed by atoms with Crippen LogP contribution in [0.15, 0.2) is 170 Å². The van der Waals surface area contributed by atoms with Gasteiger partial charge in [0.1, 0.15) is 5.60 Å². The summed E-state index contributed by atoms with van der Waals surface area (Å²) in [5.41, 5.74) is -2.10. The standard InChI is InChI=1S/C41H32F6OSi2/c42-40(43,44)33-25-21-31(22-26-33)39(32-23-27-34(28-24-32)41(45,46)47)29-30-49(35-13-5-1-6-14-35,36-15-7-2-8-16-36)50(48-39,37-17-9-3-10-18-37)38-19-11-4-12-20-38/h1-28H,29-30H2. The predicted molar refractivity (Wildman–Crippen MR) is 190 cm³/mol. The number of rotatable bonds is 6. The molecular formula is C41H32F6OSi2. The maximum atomic E-state index is 13.9. The minimum atomic E-state index is -4.57. The largest absolute Gasteiger partial charge is 0.416 e. The molecule has 6 aromatic rings. The molecule has 1 aliphatic rings. The Labute approximate surface area is 288 Å². The second kappa shape index (κ2) is 12.9. The smallest absolute Gasteiger partial charge is 0.396 e. The quantitative estimate of drug-likeness (QED) is 0.125. The molecule has 1 fully saturated rings. The zero-order valence-corrected chi connectivity index (χ0v) is 28.8. The van der Waals surface area contributed by atoms with E-state index in [0.29, 0.717) is 23.6 Å². The molecule has 252 valence electrons. The summed E-state index contributed by atoms with van der Waals surface area (Å²) < 4.78 is 91.1. The van der Waals surface area contributed by atoms with Crippen LogP contribution in [0.4, 0.5) is 26.3 Å². The van der Waals surface area contributed by atoms with Crippen molar-refractivity contribution < 1.29 is 30.8 Å². The monoisotopic (exact) mass is 710 g/mol. The summed E-state index contributed by atoms with van der Waals surface area (Å²) in [4.78, 5) is 0. The molecule has 1 saturated heterocycles. The molecule has 0 spiro atoms. The van der Waals surface area contributed by atoms with Gasteiger partial charge in [0.05, 0.1) is 11.1 Å². The average Bonchev–Trinajstić information content (AvgIpc) is 3.15. The number of alkyl halides is 6. The van der Waals surface area contributed by atoms with E-state index in [2.05, 4.69) is 48.5 Å². The van der Waals surface area contributed by atoms with E-state index >= 15 is 0 Å². The van der Waals surface area contributed by atoms with E-state index in [4.69, 9.17) is 4.43 Å². The summed E-state index contributed by atoms with van der Waals surface area (Å²) in [5, 5.41) is 4.26. The highest BCUT2D eigenvalue weighted by Gasteiger charge is 2.67. The van der Waals surface area contributed by atoms with Gasteiger partial charge < -0.3 is 4.43 Å². The van der Waals surface area contributed by atoms with Crippen molar-refractivity contribution in [2.45, 2.75) is 30.4 Å². The Morgan fingerprint density at radius 2 is 0.740 bits per heavy atom. The van der Waals surface area contributed by atoms with Crippen molar-refractivity contribution in [1.82, 2.24) is 0 Å². The van der Waals surface area contributed by atoms with E-state index < -0.39 is 44.5 Å². The third-order valence-electron chi connectivity index (χ3n) is 10.0. The van der Waals surface area contributed by atoms with Crippen LogP contribution < -0.4 is 20.7 Å². The van der Waals surface area contributed by atoms with Gasteiger partial charge >= 0.3 is 12.4 Å². The van der Waals surface area contributed by atoms with Gasteiger partial charge in [-0.2, -0.15) is 26.3 Å². The molecule has 50 heavy (non-hydrogen) atoms. The average molecular weight is 711 g/mol. The fraction of sp³-hybridized carbons (Fsp3) is 0.122. The van der Waals surface area contributed by atoms with Gasteiger partial charge in [-0.3, -0.25) is 0 Å². The topological polar surface area (TPSA) is 9.23 Å². The maximum Gasteiger partial charge on any atom is 0.416 e.